The third-order valence-corrected chi connectivity index (χ3v) is 3.56. The lowest BCUT2D eigenvalue weighted by Crippen LogP contribution is -2.50. The number of aliphatic hydroxyl groups is 1. The minimum Gasteiger partial charge on any atom is -0.392 e. The van der Waals surface area contributed by atoms with Gasteiger partial charge in [0.05, 0.1) is 12.6 Å². The third kappa shape index (κ3) is 5.31. The summed E-state index contributed by atoms with van der Waals surface area (Å²) in [6, 6.07) is 7.46. The lowest BCUT2D eigenvalue weighted by Gasteiger charge is -2.26. The molecule has 1 aromatic carbocycles. The van der Waals surface area contributed by atoms with Gasteiger partial charge in [-0.2, -0.15) is 0 Å². The van der Waals surface area contributed by atoms with Crippen molar-refractivity contribution in [2.45, 2.75) is 58.8 Å². The largest absolute Gasteiger partial charge is 0.392 e. The van der Waals surface area contributed by atoms with Crippen LogP contribution in [0, 0.1) is 0 Å². The molecule has 0 radical (unpaired) electrons. The second kappa shape index (κ2) is 7.41. The maximum Gasteiger partial charge on any atom is 0.237 e. The summed E-state index contributed by atoms with van der Waals surface area (Å²) in [6.45, 7) is 8.65. The van der Waals surface area contributed by atoms with Gasteiger partial charge >= 0.3 is 0 Å². The highest BCUT2D eigenvalue weighted by molar-refractivity contribution is 5.81. The van der Waals surface area contributed by atoms with Gasteiger partial charge < -0.3 is 15.7 Å². The Morgan fingerprint density at radius 1 is 1.25 bits per heavy atom. The van der Waals surface area contributed by atoms with E-state index in [-0.39, 0.29) is 24.1 Å². The van der Waals surface area contributed by atoms with Crippen molar-refractivity contribution in [3.63, 3.8) is 0 Å². The summed E-state index contributed by atoms with van der Waals surface area (Å²) in [4.78, 5) is 12.0. The highest BCUT2D eigenvalue weighted by atomic mass is 16.3. The highest BCUT2D eigenvalue weighted by Crippen LogP contribution is 2.08. The Kier molecular flexibility index (Phi) is 6.17. The number of nitrogens with one attached hydrogen (secondary N) is 2. The number of benzene rings is 1. The van der Waals surface area contributed by atoms with E-state index in [0.717, 1.165) is 17.5 Å². The minimum absolute atomic E-state index is 0.0174. The molecular formula is C16H26N2O2. The smallest absolute Gasteiger partial charge is 0.237 e. The number of amides is 1. The van der Waals surface area contributed by atoms with E-state index in [9.17, 15) is 4.79 Å². The summed E-state index contributed by atoms with van der Waals surface area (Å²) >= 11 is 0. The Morgan fingerprint density at radius 3 is 2.30 bits per heavy atom. The molecular weight excluding hydrogens is 252 g/mol. The standard InChI is InChI=1S/C16H26N2O2/c1-5-16(3,4)18-15(20)12(2)17-10-13-6-8-14(11-19)9-7-13/h6-9,12,17,19H,5,10-11H2,1-4H3,(H,18,20). The molecule has 3 N–H and O–H groups in total. The van der Waals surface area contributed by atoms with Crippen LogP contribution in [0.2, 0.25) is 0 Å². The molecule has 4 nitrogen and oxygen atoms in total. The molecule has 1 atom stereocenters. The van der Waals surface area contributed by atoms with Crippen LogP contribution in [-0.2, 0) is 17.9 Å². The van der Waals surface area contributed by atoms with E-state index < -0.39 is 0 Å². The van der Waals surface area contributed by atoms with Crippen molar-refractivity contribution in [3.05, 3.63) is 35.4 Å². The number of hydrogen-bond acceptors (Lipinski definition) is 3. The van der Waals surface area contributed by atoms with Crippen LogP contribution in [0.15, 0.2) is 24.3 Å². The van der Waals surface area contributed by atoms with Crippen LogP contribution >= 0.6 is 0 Å². The topological polar surface area (TPSA) is 61.4 Å². The molecule has 1 unspecified atom stereocenters. The van der Waals surface area contributed by atoms with Gasteiger partial charge in [0.2, 0.25) is 5.91 Å². The molecule has 0 aliphatic heterocycles. The van der Waals surface area contributed by atoms with E-state index in [1.807, 2.05) is 45.0 Å². The fourth-order valence-electron chi connectivity index (χ4n) is 1.66. The molecule has 1 amide bonds. The molecule has 4 heteroatoms. The Hall–Kier alpha value is -1.39. The van der Waals surface area contributed by atoms with Crippen molar-refractivity contribution in [3.8, 4) is 0 Å². The van der Waals surface area contributed by atoms with Crippen LogP contribution in [-0.4, -0.2) is 22.6 Å². The minimum atomic E-state index is -0.238. The molecule has 0 heterocycles. The van der Waals surface area contributed by atoms with E-state index in [2.05, 4.69) is 17.6 Å². The molecule has 0 bridgehead atoms. The molecule has 0 aliphatic rings. The normalized spacial score (nSPS) is 13.1. The monoisotopic (exact) mass is 278 g/mol. The summed E-state index contributed by atoms with van der Waals surface area (Å²) in [5, 5.41) is 15.2. The van der Waals surface area contributed by atoms with Gasteiger partial charge in [-0.15, -0.1) is 0 Å². The third-order valence-electron chi connectivity index (χ3n) is 3.56. The number of carbonyl (C=O) groups is 1. The van der Waals surface area contributed by atoms with Crippen molar-refractivity contribution in [1.29, 1.82) is 0 Å². The van der Waals surface area contributed by atoms with Crippen LogP contribution in [0.5, 0.6) is 0 Å². The fraction of sp³-hybridized carbons (Fsp3) is 0.562. The van der Waals surface area contributed by atoms with Crippen LogP contribution in [0.1, 0.15) is 45.2 Å². The molecule has 0 saturated carbocycles. The first kappa shape index (κ1) is 16.7. The van der Waals surface area contributed by atoms with Crippen molar-refractivity contribution in [1.82, 2.24) is 10.6 Å². The van der Waals surface area contributed by atoms with E-state index in [0.29, 0.717) is 6.54 Å². The number of carbonyl (C=O) groups excluding carboxylic acids is 1. The lowest BCUT2D eigenvalue weighted by atomic mass is 10.0. The first-order valence-corrected chi connectivity index (χ1v) is 7.12. The maximum absolute atomic E-state index is 12.0. The molecule has 0 spiro atoms. The summed E-state index contributed by atoms with van der Waals surface area (Å²) in [5.41, 5.74) is 1.82. The van der Waals surface area contributed by atoms with E-state index in [1.54, 1.807) is 0 Å². The molecule has 20 heavy (non-hydrogen) atoms. The van der Waals surface area contributed by atoms with Crippen molar-refractivity contribution in [2.75, 3.05) is 0 Å². The van der Waals surface area contributed by atoms with Gasteiger partial charge in [-0.05, 0) is 38.3 Å². The SMILES string of the molecule is CCC(C)(C)NC(=O)C(C)NCc1ccc(CO)cc1. The lowest BCUT2D eigenvalue weighted by molar-refractivity contribution is -0.124. The maximum atomic E-state index is 12.0. The summed E-state index contributed by atoms with van der Waals surface area (Å²) in [5.74, 6) is 0.0174. The van der Waals surface area contributed by atoms with Gasteiger partial charge in [-0.3, -0.25) is 4.79 Å². The van der Waals surface area contributed by atoms with Crippen LogP contribution < -0.4 is 10.6 Å². The Labute approximate surface area is 121 Å². The summed E-state index contributed by atoms with van der Waals surface area (Å²) < 4.78 is 0. The van der Waals surface area contributed by atoms with Gasteiger partial charge in [0.25, 0.3) is 0 Å². The predicted molar refractivity (Wildman–Crippen MR) is 81.2 cm³/mol. The molecule has 0 aromatic heterocycles. The van der Waals surface area contributed by atoms with Crippen LogP contribution in [0.4, 0.5) is 0 Å². The van der Waals surface area contributed by atoms with E-state index in [1.165, 1.54) is 0 Å². The molecule has 1 rings (SSSR count). The van der Waals surface area contributed by atoms with Crippen molar-refractivity contribution in [2.24, 2.45) is 0 Å². The van der Waals surface area contributed by atoms with Crippen molar-refractivity contribution >= 4 is 5.91 Å². The van der Waals surface area contributed by atoms with Crippen LogP contribution in [0.25, 0.3) is 0 Å². The quantitative estimate of drug-likeness (QED) is 0.714. The zero-order valence-corrected chi connectivity index (χ0v) is 12.9. The average Bonchev–Trinajstić information content (AvgIpc) is 2.44. The second-order valence-corrected chi connectivity index (χ2v) is 5.80. The highest BCUT2D eigenvalue weighted by Gasteiger charge is 2.21. The van der Waals surface area contributed by atoms with Gasteiger partial charge in [0, 0.05) is 12.1 Å². The Bertz CT molecular complexity index is 427. The summed E-state index contributed by atoms with van der Waals surface area (Å²) in [7, 11) is 0. The second-order valence-electron chi connectivity index (χ2n) is 5.80. The summed E-state index contributed by atoms with van der Waals surface area (Å²) in [6.07, 6.45) is 0.897. The van der Waals surface area contributed by atoms with E-state index in [4.69, 9.17) is 5.11 Å². The van der Waals surface area contributed by atoms with E-state index >= 15 is 0 Å². The van der Waals surface area contributed by atoms with Crippen molar-refractivity contribution < 1.29 is 9.90 Å². The Morgan fingerprint density at radius 2 is 1.80 bits per heavy atom. The zero-order valence-electron chi connectivity index (χ0n) is 12.9. The zero-order chi connectivity index (χ0) is 15.2. The number of aliphatic hydroxyl groups excluding tert-OH is 1. The van der Waals surface area contributed by atoms with Gasteiger partial charge in [0.15, 0.2) is 0 Å². The predicted octanol–water partition coefficient (Wildman–Crippen LogP) is 1.96. The molecule has 1 aromatic rings. The number of rotatable bonds is 7. The first-order valence-electron chi connectivity index (χ1n) is 7.12. The van der Waals surface area contributed by atoms with Gasteiger partial charge in [-0.25, -0.2) is 0 Å². The van der Waals surface area contributed by atoms with Gasteiger partial charge in [0.1, 0.15) is 0 Å². The molecule has 0 fully saturated rings. The number of hydrogen-bond donors (Lipinski definition) is 3. The average molecular weight is 278 g/mol. The molecule has 0 aliphatic carbocycles. The fourth-order valence-corrected chi connectivity index (χ4v) is 1.66. The molecule has 0 saturated heterocycles. The van der Waals surface area contributed by atoms with Gasteiger partial charge in [-0.1, -0.05) is 31.2 Å². The first-order chi connectivity index (χ1) is 9.38. The molecule has 112 valence electrons. The van der Waals surface area contributed by atoms with Crippen LogP contribution in [0.3, 0.4) is 0 Å². The Balaban J connectivity index is 2.45.